The van der Waals surface area contributed by atoms with E-state index in [1.807, 2.05) is 0 Å². The lowest BCUT2D eigenvalue weighted by Crippen LogP contribution is -2.42. The minimum atomic E-state index is 0.429. The maximum Gasteiger partial charge on any atom is 0.193 e. The molecule has 1 saturated heterocycles. The van der Waals surface area contributed by atoms with E-state index < -0.39 is 0 Å². The molecule has 0 aromatic rings. The zero-order valence-corrected chi connectivity index (χ0v) is 13.5. The van der Waals surface area contributed by atoms with Gasteiger partial charge in [-0.3, -0.25) is 4.99 Å². The largest absolute Gasteiger partial charge is 0.381 e. The summed E-state index contributed by atoms with van der Waals surface area (Å²) in [6.45, 7) is 9.29. The lowest BCUT2D eigenvalue weighted by atomic mass is 9.89. The van der Waals surface area contributed by atoms with Gasteiger partial charge in [-0.15, -0.1) is 0 Å². The van der Waals surface area contributed by atoms with Crippen LogP contribution in [0.15, 0.2) is 4.99 Å². The van der Waals surface area contributed by atoms with Gasteiger partial charge in [-0.1, -0.05) is 19.8 Å². The van der Waals surface area contributed by atoms with Crippen molar-refractivity contribution in [2.75, 3.05) is 39.9 Å². The molecule has 116 valence electrons. The van der Waals surface area contributed by atoms with Crippen molar-refractivity contribution in [2.24, 2.45) is 16.3 Å². The molecule has 20 heavy (non-hydrogen) atoms. The fourth-order valence-corrected chi connectivity index (χ4v) is 3.32. The predicted molar refractivity (Wildman–Crippen MR) is 84.1 cm³/mol. The second-order valence-corrected chi connectivity index (χ2v) is 6.80. The van der Waals surface area contributed by atoms with Gasteiger partial charge < -0.3 is 15.0 Å². The number of nitrogens with one attached hydrogen (secondary N) is 1. The van der Waals surface area contributed by atoms with Crippen molar-refractivity contribution in [1.82, 2.24) is 10.2 Å². The van der Waals surface area contributed by atoms with Crippen LogP contribution in [0.1, 0.15) is 46.0 Å². The van der Waals surface area contributed by atoms with Gasteiger partial charge >= 0.3 is 0 Å². The topological polar surface area (TPSA) is 36.9 Å². The first-order chi connectivity index (χ1) is 9.63. The fourth-order valence-electron chi connectivity index (χ4n) is 3.32. The fraction of sp³-hybridized carbons (Fsp3) is 0.938. The first-order valence-corrected chi connectivity index (χ1v) is 8.20. The number of ether oxygens (including phenoxy) is 1. The average molecular weight is 281 g/mol. The molecule has 4 heteroatoms. The van der Waals surface area contributed by atoms with Crippen LogP contribution in [0.25, 0.3) is 0 Å². The highest BCUT2D eigenvalue weighted by molar-refractivity contribution is 5.79. The molecule has 1 unspecified atom stereocenters. The quantitative estimate of drug-likeness (QED) is 0.621. The van der Waals surface area contributed by atoms with E-state index in [1.54, 1.807) is 0 Å². The summed E-state index contributed by atoms with van der Waals surface area (Å²) < 4.78 is 5.47. The molecule has 0 aromatic carbocycles. The summed E-state index contributed by atoms with van der Waals surface area (Å²) in [5.74, 6) is 1.72. The van der Waals surface area contributed by atoms with E-state index in [9.17, 15) is 0 Å². The lowest BCUT2D eigenvalue weighted by Gasteiger charge is -2.27. The second kappa shape index (κ2) is 7.30. The Hall–Kier alpha value is -0.770. The van der Waals surface area contributed by atoms with Crippen molar-refractivity contribution in [3.8, 4) is 0 Å². The van der Waals surface area contributed by atoms with Crippen LogP contribution in [-0.2, 0) is 4.74 Å². The number of hydrogen-bond donors (Lipinski definition) is 1. The zero-order chi connectivity index (χ0) is 14.4. The monoisotopic (exact) mass is 281 g/mol. The SMILES string of the molecule is CCNC(=NCC1(C)CCCC1)N(C)CC1CCOC1. The van der Waals surface area contributed by atoms with Gasteiger partial charge in [0.05, 0.1) is 6.61 Å². The van der Waals surface area contributed by atoms with E-state index in [4.69, 9.17) is 9.73 Å². The molecule has 2 rings (SSSR count). The van der Waals surface area contributed by atoms with Crippen molar-refractivity contribution >= 4 is 5.96 Å². The molecule has 2 aliphatic rings. The van der Waals surface area contributed by atoms with Crippen LogP contribution in [0.4, 0.5) is 0 Å². The molecule has 1 heterocycles. The first kappa shape index (κ1) is 15.6. The summed E-state index contributed by atoms with van der Waals surface area (Å²) in [5.41, 5.74) is 0.429. The standard InChI is InChI=1S/C16H31N3O/c1-4-17-15(18-13-16(2)8-5-6-9-16)19(3)11-14-7-10-20-12-14/h14H,4-13H2,1-3H3,(H,17,18). The molecular formula is C16H31N3O. The summed E-state index contributed by atoms with van der Waals surface area (Å²) in [7, 11) is 2.15. The van der Waals surface area contributed by atoms with Crippen LogP contribution in [-0.4, -0.2) is 50.8 Å². The molecule has 0 spiro atoms. The van der Waals surface area contributed by atoms with E-state index >= 15 is 0 Å². The lowest BCUT2D eigenvalue weighted by molar-refractivity contribution is 0.181. The van der Waals surface area contributed by atoms with Crippen molar-refractivity contribution in [3.05, 3.63) is 0 Å². The third-order valence-corrected chi connectivity index (χ3v) is 4.67. The third kappa shape index (κ3) is 4.37. The van der Waals surface area contributed by atoms with Gasteiger partial charge in [-0.05, 0) is 31.6 Å². The highest BCUT2D eigenvalue weighted by atomic mass is 16.5. The van der Waals surface area contributed by atoms with Crippen molar-refractivity contribution in [1.29, 1.82) is 0 Å². The van der Waals surface area contributed by atoms with Gasteiger partial charge in [0.2, 0.25) is 0 Å². The van der Waals surface area contributed by atoms with E-state index in [1.165, 1.54) is 32.1 Å². The Morgan fingerprint density at radius 2 is 2.15 bits per heavy atom. The Labute approximate surface area is 124 Å². The Morgan fingerprint density at radius 3 is 2.75 bits per heavy atom. The molecule has 4 nitrogen and oxygen atoms in total. The van der Waals surface area contributed by atoms with Gasteiger partial charge in [0.15, 0.2) is 5.96 Å². The van der Waals surface area contributed by atoms with E-state index in [0.29, 0.717) is 11.3 Å². The predicted octanol–water partition coefficient (Wildman–Crippen LogP) is 2.50. The van der Waals surface area contributed by atoms with Gasteiger partial charge in [-0.2, -0.15) is 0 Å². The minimum absolute atomic E-state index is 0.429. The molecule has 2 fully saturated rings. The first-order valence-electron chi connectivity index (χ1n) is 8.20. The van der Waals surface area contributed by atoms with Crippen LogP contribution >= 0.6 is 0 Å². The maximum absolute atomic E-state index is 5.47. The smallest absolute Gasteiger partial charge is 0.193 e. The zero-order valence-electron chi connectivity index (χ0n) is 13.5. The Bertz CT molecular complexity index is 318. The molecule has 1 N–H and O–H groups in total. The summed E-state index contributed by atoms with van der Waals surface area (Å²) in [5, 5.41) is 3.43. The average Bonchev–Trinajstić information content (AvgIpc) is 3.06. The molecule has 0 bridgehead atoms. The highest BCUT2D eigenvalue weighted by Crippen LogP contribution is 2.37. The Kier molecular flexibility index (Phi) is 5.70. The van der Waals surface area contributed by atoms with Gasteiger partial charge in [0.1, 0.15) is 0 Å². The summed E-state index contributed by atoms with van der Waals surface area (Å²) in [6.07, 6.45) is 6.59. The van der Waals surface area contributed by atoms with Gasteiger partial charge in [-0.25, -0.2) is 0 Å². The summed E-state index contributed by atoms with van der Waals surface area (Å²) >= 11 is 0. The number of aliphatic imine (C=N–C) groups is 1. The Morgan fingerprint density at radius 1 is 1.40 bits per heavy atom. The molecule has 1 aliphatic carbocycles. The maximum atomic E-state index is 5.47. The molecule has 0 radical (unpaired) electrons. The minimum Gasteiger partial charge on any atom is -0.381 e. The third-order valence-electron chi connectivity index (χ3n) is 4.67. The number of rotatable bonds is 5. The summed E-state index contributed by atoms with van der Waals surface area (Å²) in [6, 6.07) is 0. The van der Waals surface area contributed by atoms with Crippen molar-refractivity contribution in [3.63, 3.8) is 0 Å². The van der Waals surface area contributed by atoms with Crippen molar-refractivity contribution < 1.29 is 4.74 Å². The van der Waals surface area contributed by atoms with Crippen LogP contribution in [0.5, 0.6) is 0 Å². The molecule has 1 atom stereocenters. The van der Waals surface area contributed by atoms with Gasteiger partial charge in [0, 0.05) is 39.2 Å². The van der Waals surface area contributed by atoms with Gasteiger partial charge in [0.25, 0.3) is 0 Å². The summed E-state index contributed by atoms with van der Waals surface area (Å²) in [4.78, 5) is 7.18. The number of hydrogen-bond acceptors (Lipinski definition) is 2. The normalized spacial score (nSPS) is 25.9. The molecule has 0 amide bonds. The van der Waals surface area contributed by atoms with E-state index in [0.717, 1.165) is 38.8 Å². The molecule has 1 saturated carbocycles. The van der Waals surface area contributed by atoms with Crippen LogP contribution in [0.2, 0.25) is 0 Å². The van der Waals surface area contributed by atoms with E-state index in [2.05, 4.69) is 31.1 Å². The molecule has 0 aromatic heterocycles. The molecule has 1 aliphatic heterocycles. The van der Waals surface area contributed by atoms with Crippen LogP contribution < -0.4 is 5.32 Å². The van der Waals surface area contributed by atoms with Crippen LogP contribution in [0.3, 0.4) is 0 Å². The molecular weight excluding hydrogens is 250 g/mol. The second-order valence-electron chi connectivity index (χ2n) is 6.80. The Balaban J connectivity index is 1.90. The van der Waals surface area contributed by atoms with E-state index in [-0.39, 0.29) is 0 Å². The number of nitrogens with zero attached hydrogens (tertiary/aromatic N) is 2. The van der Waals surface area contributed by atoms with Crippen molar-refractivity contribution in [2.45, 2.75) is 46.0 Å². The highest BCUT2D eigenvalue weighted by Gasteiger charge is 2.28. The number of guanidine groups is 1. The van der Waals surface area contributed by atoms with Crippen LogP contribution in [0, 0.1) is 11.3 Å².